The van der Waals surface area contributed by atoms with Crippen molar-refractivity contribution in [1.82, 2.24) is 24.9 Å². The van der Waals surface area contributed by atoms with E-state index in [1.54, 1.807) is 4.52 Å². The molecule has 4 fully saturated rings. The molecule has 6 nitrogen and oxygen atoms in total. The van der Waals surface area contributed by atoms with E-state index in [0.29, 0.717) is 16.7 Å². The zero-order valence-corrected chi connectivity index (χ0v) is 16.2. The SMILES string of the molecule is Cc1cc(C)n2nc(SCC(=O)NC34CC5CC(CC(C5)C3)C4)nc2n1. The van der Waals surface area contributed by atoms with E-state index >= 15 is 0 Å². The molecule has 0 atom stereocenters. The summed E-state index contributed by atoms with van der Waals surface area (Å²) in [7, 11) is 0. The van der Waals surface area contributed by atoms with Crippen LogP contribution in [0.1, 0.15) is 49.9 Å². The van der Waals surface area contributed by atoms with Crippen LogP contribution in [0.5, 0.6) is 0 Å². The minimum Gasteiger partial charge on any atom is -0.350 e. The molecule has 26 heavy (non-hydrogen) atoms. The van der Waals surface area contributed by atoms with Crippen molar-refractivity contribution in [3.05, 3.63) is 17.5 Å². The highest BCUT2D eigenvalue weighted by Crippen LogP contribution is 2.55. The van der Waals surface area contributed by atoms with Crippen LogP contribution < -0.4 is 5.32 Å². The van der Waals surface area contributed by atoms with Crippen LogP contribution in [-0.2, 0) is 4.79 Å². The van der Waals surface area contributed by atoms with Crippen molar-refractivity contribution < 1.29 is 4.79 Å². The average molecular weight is 372 g/mol. The zero-order chi connectivity index (χ0) is 17.9. The summed E-state index contributed by atoms with van der Waals surface area (Å²) in [4.78, 5) is 21.5. The van der Waals surface area contributed by atoms with Crippen LogP contribution in [-0.4, -0.2) is 36.8 Å². The summed E-state index contributed by atoms with van der Waals surface area (Å²) in [5.41, 5.74) is 2.01. The van der Waals surface area contributed by atoms with E-state index in [1.807, 2.05) is 19.9 Å². The van der Waals surface area contributed by atoms with Crippen LogP contribution in [0.15, 0.2) is 11.2 Å². The lowest BCUT2D eigenvalue weighted by atomic mass is 9.53. The van der Waals surface area contributed by atoms with E-state index in [4.69, 9.17) is 0 Å². The van der Waals surface area contributed by atoms with Gasteiger partial charge in [-0.1, -0.05) is 11.8 Å². The highest BCUT2D eigenvalue weighted by Gasteiger charge is 2.51. The Kier molecular flexibility index (Phi) is 3.78. The quantitative estimate of drug-likeness (QED) is 0.837. The molecule has 4 aliphatic rings. The van der Waals surface area contributed by atoms with Gasteiger partial charge in [0.05, 0.1) is 5.75 Å². The van der Waals surface area contributed by atoms with Crippen molar-refractivity contribution >= 4 is 23.4 Å². The standard InChI is InChI=1S/C19H25N5OS/c1-11-3-12(2)24-17(20-11)21-18(23-24)26-10-16(25)22-19-7-13-4-14(8-19)6-15(5-13)9-19/h3,13-15H,4-10H2,1-2H3,(H,22,25). The predicted molar refractivity (Wildman–Crippen MR) is 100 cm³/mol. The van der Waals surface area contributed by atoms with Gasteiger partial charge in [0.2, 0.25) is 11.1 Å². The van der Waals surface area contributed by atoms with E-state index < -0.39 is 0 Å². The van der Waals surface area contributed by atoms with E-state index in [9.17, 15) is 4.79 Å². The first-order valence-electron chi connectivity index (χ1n) is 9.63. The second kappa shape index (κ2) is 5.94. The fourth-order valence-electron chi connectivity index (χ4n) is 5.93. The minimum absolute atomic E-state index is 0.0774. The molecule has 4 aliphatic carbocycles. The number of thioether (sulfide) groups is 1. The molecule has 0 spiro atoms. The van der Waals surface area contributed by atoms with Crippen molar-refractivity contribution in [3.8, 4) is 0 Å². The molecular weight excluding hydrogens is 346 g/mol. The van der Waals surface area contributed by atoms with Gasteiger partial charge in [0, 0.05) is 16.9 Å². The second-order valence-electron chi connectivity index (χ2n) is 8.68. The number of hydrogen-bond donors (Lipinski definition) is 1. The monoisotopic (exact) mass is 371 g/mol. The van der Waals surface area contributed by atoms with Gasteiger partial charge in [-0.05, 0) is 76.2 Å². The van der Waals surface area contributed by atoms with E-state index in [0.717, 1.165) is 29.1 Å². The first-order chi connectivity index (χ1) is 12.5. The second-order valence-corrected chi connectivity index (χ2v) is 9.62. The molecule has 7 heteroatoms. The first-order valence-corrected chi connectivity index (χ1v) is 10.6. The Balaban J connectivity index is 1.25. The lowest BCUT2D eigenvalue weighted by Gasteiger charge is -2.56. The number of aromatic nitrogens is 4. The molecule has 2 aromatic heterocycles. The van der Waals surface area contributed by atoms with Crippen molar-refractivity contribution in [1.29, 1.82) is 0 Å². The number of fused-ring (bicyclic) bond motifs is 1. The molecule has 2 aromatic rings. The highest BCUT2D eigenvalue weighted by molar-refractivity contribution is 7.99. The van der Waals surface area contributed by atoms with Gasteiger partial charge in [-0.3, -0.25) is 4.79 Å². The Morgan fingerprint density at radius 2 is 1.85 bits per heavy atom. The van der Waals surface area contributed by atoms with Crippen LogP contribution in [0.4, 0.5) is 0 Å². The number of amides is 1. The smallest absolute Gasteiger partial charge is 0.253 e. The maximum Gasteiger partial charge on any atom is 0.253 e. The van der Waals surface area contributed by atoms with Crippen LogP contribution in [0.3, 0.4) is 0 Å². The van der Waals surface area contributed by atoms with E-state index in [2.05, 4.69) is 20.4 Å². The number of carbonyl (C=O) groups is 1. The van der Waals surface area contributed by atoms with Crippen molar-refractivity contribution in [2.24, 2.45) is 17.8 Å². The molecule has 0 aromatic carbocycles. The van der Waals surface area contributed by atoms with Gasteiger partial charge in [-0.15, -0.1) is 5.10 Å². The molecule has 0 radical (unpaired) electrons. The normalized spacial score (nSPS) is 32.3. The third kappa shape index (κ3) is 2.90. The number of hydrogen-bond acceptors (Lipinski definition) is 5. The summed E-state index contributed by atoms with van der Waals surface area (Å²) in [6.07, 6.45) is 7.72. The summed E-state index contributed by atoms with van der Waals surface area (Å²) >= 11 is 1.40. The van der Waals surface area contributed by atoms with Crippen LogP contribution >= 0.6 is 11.8 Å². The molecule has 2 heterocycles. The maximum atomic E-state index is 12.6. The third-order valence-corrected chi connectivity index (χ3v) is 7.21. The summed E-state index contributed by atoms with van der Waals surface area (Å²) in [5.74, 6) is 3.62. The Labute approximate surface area is 157 Å². The minimum atomic E-state index is 0.0774. The van der Waals surface area contributed by atoms with Crippen LogP contribution in [0.25, 0.3) is 5.78 Å². The van der Waals surface area contributed by atoms with Gasteiger partial charge in [-0.25, -0.2) is 9.50 Å². The Bertz CT molecular complexity index is 841. The van der Waals surface area contributed by atoms with Gasteiger partial charge in [0.25, 0.3) is 5.78 Å². The topological polar surface area (TPSA) is 72.2 Å². The molecule has 4 bridgehead atoms. The average Bonchev–Trinajstić information content (AvgIpc) is 2.94. The summed E-state index contributed by atoms with van der Waals surface area (Å²) in [6, 6.07) is 1.98. The predicted octanol–water partition coefficient (Wildman–Crippen LogP) is 2.92. The lowest BCUT2D eigenvalue weighted by molar-refractivity contribution is -0.124. The molecule has 1 N–H and O–H groups in total. The summed E-state index contributed by atoms with van der Waals surface area (Å²) in [5, 5.41) is 8.51. The first kappa shape index (κ1) is 16.5. The fraction of sp³-hybridized carbons (Fsp3) is 0.684. The maximum absolute atomic E-state index is 12.6. The van der Waals surface area contributed by atoms with Gasteiger partial charge in [0.1, 0.15) is 0 Å². The highest BCUT2D eigenvalue weighted by atomic mass is 32.2. The molecule has 0 unspecified atom stereocenters. The van der Waals surface area contributed by atoms with Crippen LogP contribution in [0.2, 0.25) is 0 Å². The molecule has 6 rings (SSSR count). The van der Waals surface area contributed by atoms with Crippen LogP contribution in [0, 0.1) is 31.6 Å². The van der Waals surface area contributed by atoms with E-state index in [-0.39, 0.29) is 11.4 Å². The summed E-state index contributed by atoms with van der Waals surface area (Å²) < 4.78 is 1.74. The number of nitrogens with one attached hydrogen (secondary N) is 1. The van der Waals surface area contributed by atoms with Crippen molar-refractivity contribution in [2.75, 3.05) is 5.75 Å². The van der Waals surface area contributed by atoms with Crippen molar-refractivity contribution in [3.63, 3.8) is 0 Å². The zero-order valence-electron chi connectivity index (χ0n) is 15.4. The summed E-state index contributed by atoms with van der Waals surface area (Å²) in [6.45, 7) is 3.94. The van der Waals surface area contributed by atoms with Gasteiger partial charge in [-0.2, -0.15) is 4.98 Å². The Hall–Kier alpha value is -1.63. The number of nitrogens with zero attached hydrogens (tertiary/aromatic N) is 4. The number of aryl methyl sites for hydroxylation is 2. The van der Waals surface area contributed by atoms with Crippen molar-refractivity contribution in [2.45, 2.75) is 63.1 Å². The van der Waals surface area contributed by atoms with Gasteiger partial charge >= 0.3 is 0 Å². The number of rotatable bonds is 4. The molecule has 138 valence electrons. The largest absolute Gasteiger partial charge is 0.350 e. The fourth-order valence-corrected chi connectivity index (χ4v) is 6.55. The third-order valence-electron chi connectivity index (χ3n) is 6.37. The van der Waals surface area contributed by atoms with Gasteiger partial charge in [0.15, 0.2) is 0 Å². The molecule has 0 saturated heterocycles. The Morgan fingerprint density at radius 1 is 1.19 bits per heavy atom. The van der Waals surface area contributed by atoms with Gasteiger partial charge < -0.3 is 5.32 Å². The molecule has 0 aliphatic heterocycles. The lowest BCUT2D eigenvalue weighted by Crippen LogP contribution is -2.60. The molecule has 4 saturated carbocycles. The number of carbonyl (C=O) groups excluding carboxylic acids is 1. The molecule has 1 amide bonds. The molecular formula is C19H25N5OS. The van der Waals surface area contributed by atoms with E-state index in [1.165, 1.54) is 50.3 Å². The Morgan fingerprint density at radius 3 is 2.50 bits per heavy atom.